The summed E-state index contributed by atoms with van der Waals surface area (Å²) in [6, 6.07) is 8.48. The Hall–Kier alpha value is -3.96. The lowest BCUT2D eigenvalue weighted by atomic mass is 10.0. The highest BCUT2D eigenvalue weighted by Gasteiger charge is 2.30. The Morgan fingerprint density at radius 3 is 2.74 bits per heavy atom. The van der Waals surface area contributed by atoms with Gasteiger partial charge in [-0.25, -0.2) is 4.79 Å². The monoisotopic (exact) mass is 471 g/mol. The van der Waals surface area contributed by atoms with Gasteiger partial charge in [-0.15, -0.1) is 0 Å². The zero-order valence-corrected chi connectivity index (χ0v) is 20.4. The van der Waals surface area contributed by atoms with Crippen molar-refractivity contribution in [1.29, 1.82) is 0 Å². The van der Waals surface area contributed by atoms with E-state index in [-0.39, 0.29) is 5.91 Å². The third-order valence-corrected chi connectivity index (χ3v) is 5.81. The molecule has 0 aliphatic carbocycles. The van der Waals surface area contributed by atoms with Gasteiger partial charge in [-0.2, -0.15) is 9.78 Å². The van der Waals surface area contributed by atoms with Crippen molar-refractivity contribution in [2.24, 2.45) is 0 Å². The first kappa shape index (κ1) is 24.2. The Morgan fingerprint density at radius 1 is 1.23 bits per heavy atom. The molecule has 1 aliphatic rings. The fourth-order valence-electron chi connectivity index (χ4n) is 3.92. The number of nitrogens with zero attached hydrogens (tertiary/aromatic N) is 4. The summed E-state index contributed by atoms with van der Waals surface area (Å²) in [5, 5.41) is 16.9. The van der Waals surface area contributed by atoms with Crippen LogP contribution in [0.3, 0.4) is 0 Å². The van der Waals surface area contributed by atoms with E-state index >= 15 is 0 Å². The highest BCUT2D eigenvalue weighted by atomic mass is 16.3. The highest BCUT2D eigenvalue weighted by molar-refractivity contribution is 6.00. The Bertz CT molecular complexity index is 1310. The molecule has 0 saturated carbocycles. The lowest BCUT2D eigenvalue weighted by molar-refractivity contribution is -0.120. The molecule has 0 radical (unpaired) electrons. The van der Waals surface area contributed by atoms with Crippen LogP contribution in [0.15, 0.2) is 48.9 Å². The van der Waals surface area contributed by atoms with Crippen molar-refractivity contribution in [2.75, 3.05) is 11.9 Å². The average molecular weight is 472 g/mol. The summed E-state index contributed by atoms with van der Waals surface area (Å²) in [6.45, 7) is 5.17. The summed E-state index contributed by atoms with van der Waals surface area (Å²) >= 11 is 0. The summed E-state index contributed by atoms with van der Waals surface area (Å²) in [6.07, 6.45) is 6.83. The number of amides is 2. The van der Waals surface area contributed by atoms with Crippen LogP contribution in [-0.4, -0.2) is 50.5 Å². The van der Waals surface area contributed by atoms with Crippen LogP contribution in [0.5, 0.6) is 0 Å². The zero-order chi connectivity index (χ0) is 25.2. The number of benzene rings is 1. The zero-order valence-electron chi connectivity index (χ0n) is 20.4. The number of aryl methyl sites for hydroxylation is 2. The Labute approximate surface area is 205 Å². The molecule has 1 atom stereocenters. The number of hydrogen-bond donors (Lipinski definition) is 2. The van der Waals surface area contributed by atoms with Gasteiger partial charge in [0.1, 0.15) is 11.6 Å². The van der Waals surface area contributed by atoms with E-state index in [2.05, 4.69) is 27.2 Å². The molecule has 2 N–H and O–H groups in total. The molecule has 0 saturated heterocycles. The highest BCUT2D eigenvalue weighted by Crippen LogP contribution is 2.27. The second-order valence-electron chi connectivity index (χ2n) is 9.37. The number of aromatic nitrogens is 3. The van der Waals surface area contributed by atoms with E-state index in [0.29, 0.717) is 24.8 Å². The number of hydrogen-bond acceptors (Lipinski definition) is 5. The van der Waals surface area contributed by atoms with Gasteiger partial charge in [0.15, 0.2) is 0 Å². The van der Waals surface area contributed by atoms with E-state index in [1.54, 1.807) is 38.2 Å². The van der Waals surface area contributed by atoms with Crippen LogP contribution in [0.25, 0.3) is 0 Å². The Balaban J connectivity index is 1.45. The van der Waals surface area contributed by atoms with E-state index in [4.69, 9.17) is 0 Å². The molecule has 4 rings (SSSR count). The quantitative estimate of drug-likeness (QED) is 0.572. The number of nitrogens with one attached hydrogen (secondary N) is 1. The average Bonchev–Trinajstić information content (AvgIpc) is 3.25. The number of likely N-dealkylation sites (N-methyl/N-ethyl adjacent to an activating group) is 1. The van der Waals surface area contributed by atoms with Crippen LogP contribution in [-0.2, 0) is 17.6 Å². The van der Waals surface area contributed by atoms with Crippen molar-refractivity contribution >= 4 is 17.6 Å². The van der Waals surface area contributed by atoms with Crippen molar-refractivity contribution in [2.45, 2.75) is 51.7 Å². The molecular formula is C27H29N5O3. The van der Waals surface area contributed by atoms with Crippen molar-refractivity contribution in [3.8, 4) is 11.8 Å². The number of carbonyl (C=O) groups excluding carboxylic acids is 2. The van der Waals surface area contributed by atoms with E-state index in [1.165, 1.54) is 4.68 Å². The molecule has 35 heavy (non-hydrogen) atoms. The maximum atomic E-state index is 13.2. The van der Waals surface area contributed by atoms with Gasteiger partial charge in [-0.1, -0.05) is 24.0 Å². The van der Waals surface area contributed by atoms with Gasteiger partial charge in [0, 0.05) is 42.8 Å². The molecule has 8 nitrogen and oxygen atoms in total. The van der Waals surface area contributed by atoms with Gasteiger partial charge < -0.3 is 15.3 Å². The normalized spacial score (nSPS) is 15.6. The summed E-state index contributed by atoms with van der Waals surface area (Å²) in [7, 11) is 1.69. The van der Waals surface area contributed by atoms with Crippen LogP contribution >= 0.6 is 0 Å². The molecule has 0 fully saturated rings. The molecule has 0 bridgehead atoms. The number of rotatable bonds is 3. The van der Waals surface area contributed by atoms with Crippen LogP contribution < -0.4 is 10.2 Å². The molecule has 3 aromatic rings. The van der Waals surface area contributed by atoms with E-state index in [9.17, 15) is 14.7 Å². The Kier molecular flexibility index (Phi) is 6.72. The number of anilines is 1. The molecule has 0 spiro atoms. The minimum Gasteiger partial charge on any atom is -0.378 e. The maximum absolute atomic E-state index is 13.2. The van der Waals surface area contributed by atoms with E-state index in [1.807, 2.05) is 43.5 Å². The summed E-state index contributed by atoms with van der Waals surface area (Å²) in [4.78, 5) is 31.9. The Morgan fingerprint density at radius 2 is 2.03 bits per heavy atom. The first-order valence-electron chi connectivity index (χ1n) is 11.5. The minimum atomic E-state index is -1.10. The third-order valence-electron chi connectivity index (χ3n) is 5.81. The van der Waals surface area contributed by atoms with Gasteiger partial charge in [0.25, 0.3) is 0 Å². The number of fused-ring (bicyclic) bond motifs is 1. The molecule has 1 aromatic carbocycles. The third kappa shape index (κ3) is 5.94. The second kappa shape index (κ2) is 9.72. The van der Waals surface area contributed by atoms with Crippen molar-refractivity contribution in [3.05, 3.63) is 76.9 Å². The molecule has 3 heterocycles. The van der Waals surface area contributed by atoms with Crippen molar-refractivity contribution < 1.29 is 14.7 Å². The topological polar surface area (TPSA) is 100 Å². The maximum Gasteiger partial charge on any atom is 0.342 e. The van der Waals surface area contributed by atoms with Crippen LogP contribution in [0.1, 0.15) is 48.2 Å². The van der Waals surface area contributed by atoms with E-state index < -0.39 is 17.7 Å². The SMILES string of the molecule is Cc1ccc(Cc2cnn(C(=O)N[C@H]3CCc4ccc(C#CC(C)(C)O)cc4N(C)C3=O)c2)cn1. The van der Waals surface area contributed by atoms with Gasteiger partial charge in [0.05, 0.1) is 6.20 Å². The summed E-state index contributed by atoms with van der Waals surface area (Å²) in [5.74, 6) is 5.54. The molecule has 2 aromatic heterocycles. The van der Waals surface area contributed by atoms with E-state index in [0.717, 1.165) is 28.1 Å². The minimum absolute atomic E-state index is 0.206. The molecule has 180 valence electrons. The van der Waals surface area contributed by atoms with Crippen molar-refractivity contribution in [1.82, 2.24) is 20.1 Å². The summed E-state index contributed by atoms with van der Waals surface area (Å²) < 4.78 is 1.23. The van der Waals surface area contributed by atoms with Gasteiger partial charge >= 0.3 is 6.03 Å². The van der Waals surface area contributed by atoms with Gasteiger partial charge in [0.2, 0.25) is 5.91 Å². The van der Waals surface area contributed by atoms with Crippen LogP contribution in [0, 0.1) is 18.8 Å². The second-order valence-corrected chi connectivity index (χ2v) is 9.37. The van der Waals surface area contributed by atoms with Crippen molar-refractivity contribution in [3.63, 3.8) is 0 Å². The molecule has 2 amide bonds. The fourth-order valence-corrected chi connectivity index (χ4v) is 3.92. The number of pyridine rings is 1. The fraction of sp³-hybridized carbons (Fsp3) is 0.333. The standard InChI is InChI=1S/C27H29N5O3/c1-18-5-6-20(15-28-18)13-21-16-29-32(17-21)26(34)30-23-10-9-22-8-7-19(11-12-27(2,3)35)14-24(22)31(4)25(23)33/h5-8,14-17,23,35H,9-10,13H2,1-4H3,(H,30,34)/t23-/m0/s1. The van der Waals surface area contributed by atoms with Crippen LogP contribution in [0.2, 0.25) is 0 Å². The first-order valence-corrected chi connectivity index (χ1v) is 11.5. The molecular weight excluding hydrogens is 442 g/mol. The van der Waals surface area contributed by atoms with Gasteiger partial charge in [-0.05, 0) is 68.5 Å². The predicted molar refractivity (Wildman–Crippen MR) is 133 cm³/mol. The van der Waals surface area contributed by atoms with Gasteiger partial charge in [-0.3, -0.25) is 9.78 Å². The molecule has 8 heteroatoms. The van der Waals surface area contributed by atoms with Crippen LogP contribution in [0.4, 0.5) is 10.5 Å². The summed E-state index contributed by atoms with van der Waals surface area (Å²) in [5.41, 5.74) is 4.21. The number of aliphatic hydroxyl groups is 1. The molecule has 1 aliphatic heterocycles. The lowest BCUT2D eigenvalue weighted by Crippen LogP contribution is -2.48. The molecule has 0 unspecified atom stereocenters. The lowest BCUT2D eigenvalue weighted by Gasteiger charge is -2.22. The first-order chi connectivity index (χ1) is 16.6. The smallest absolute Gasteiger partial charge is 0.342 e. The largest absolute Gasteiger partial charge is 0.378 e. The predicted octanol–water partition coefficient (Wildman–Crippen LogP) is 2.84. The number of carbonyl (C=O) groups is 2.